The highest BCUT2D eigenvalue weighted by atomic mass is 16.5. The first-order valence-corrected chi connectivity index (χ1v) is 8.32. The van der Waals surface area contributed by atoms with Gasteiger partial charge in [-0.15, -0.1) is 0 Å². The average Bonchev–Trinajstić information content (AvgIpc) is 2.86. The van der Waals surface area contributed by atoms with Gasteiger partial charge in [-0.05, 0) is 42.7 Å². The van der Waals surface area contributed by atoms with Crippen molar-refractivity contribution in [1.29, 1.82) is 0 Å². The second kappa shape index (κ2) is 7.25. The van der Waals surface area contributed by atoms with E-state index in [4.69, 9.17) is 4.74 Å². The first-order chi connectivity index (χ1) is 10.7. The van der Waals surface area contributed by atoms with Crippen LogP contribution in [0.25, 0.3) is 0 Å². The summed E-state index contributed by atoms with van der Waals surface area (Å²) in [5.41, 5.74) is 2.29. The van der Waals surface area contributed by atoms with Gasteiger partial charge < -0.3 is 15.4 Å². The summed E-state index contributed by atoms with van der Waals surface area (Å²) in [6, 6.07) is 9.53. The molecule has 2 bridgehead atoms. The van der Waals surface area contributed by atoms with Crippen LogP contribution in [0.2, 0.25) is 0 Å². The van der Waals surface area contributed by atoms with Crippen molar-refractivity contribution in [2.75, 3.05) is 7.11 Å². The second-order valence-electron chi connectivity index (χ2n) is 6.71. The van der Waals surface area contributed by atoms with Crippen LogP contribution in [0.1, 0.15) is 43.2 Å². The molecule has 2 atom stereocenters. The maximum Gasteiger partial charge on any atom is 0.220 e. The van der Waals surface area contributed by atoms with Crippen LogP contribution in [0.4, 0.5) is 0 Å². The summed E-state index contributed by atoms with van der Waals surface area (Å²) in [6.45, 7) is 1.24. The van der Waals surface area contributed by atoms with Gasteiger partial charge in [0.25, 0.3) is 0 Å². The second-order valence-corrected chi connectivity index (χ2v) is 6.71. The number of rotatable bonds is 6. The largest absolute Gasteiger partial charge is 0.380 e. The molecular weight excluding hydrogens is 276 g/mol. The zero-order valence-corrected chi connectivity index (χ0v) is 13.3. The molecule has 4 heteroatoms. The Morgan fingerprint density at radius 1 is 1.18 bits per heavy atom. The monoisotopic (exact) mass is 302 g/mol. The van der Waals surface area contributed by atoms with Crippen molar-refractivity contribution in [3.8, 4) is 0 Å². The Labute approximate surface area is 132 Å². The minimum absolute atomic E-state index is 0.187. The van der Waals surface area contributed by atoms with Crippen LogP contribution in [0.15, 0.2) is 24.3 Å². The van der Waals surface area contributed by atoms with Gasteiger partial charge in [0.05, 0.1) is 6.61 Å². The van der Waals surface area contributed by atoms with Crippen molar-refractivity contribution in [1.82, 2.24) is 10.6 Å². The Kier molecular flexibility index (Phi) is 5.11. The Morgan fingerprint density at radius 2 is 1.82 bits per heavy atom. The minimum Gasteiger partial charge on any atom is -0.380 e. The summed E-state index contributed by atoms with van der Waals surface area (Å²) in [5.74, 6) is 0.745. The first-order valence-electron chi connectivity index (χ1n) is 8.32. The first kappa shape index (κ1) is 15.5. The lowest BCUT2D eigenvalue weighted by Crippen LogP contribution is -2.39. The highest BCUT2D eigenvalue weighted by Crippen LogP contribution is 2.32. The number of carbonyl (C=O) groups excluding carboxylic acids is 1. The summed E-state index contributed by atoms with van der Waals surface area (Å²) >= 11 is 0. The van der Waals surface area contributed by atoms with Crippen LogP contribution >= 0.6 is 0 Å². The number of hydrogen-bond acceptors (Lipinski definition) is 3. The topological polar surface area (TPSA) is 50.4 Å². The normalized spacial score (nSPS) is 26.9. The van der Waals surface area contributed by atoms with E-state index in [2.05, 4.69) is 34.9 Å². The van der Waals surface area contributed by atoms with E-state index < -0.39 is 0 Å². The van der Waals surface area contributed by atoms with Gasteiger partial charge in [-0.2, -0.15) is 0 Å². The predicted molar refractivity (Wildman–Crippen MR) is 86.3 cm³/mol. The molecule has 2 aliphatic rings. The van der Waals surface area contributed by atoms with Gasteiger partial charge in [-0.25, -0.2) is 0 Å². The van der Waals surface area contributed by atoms with Crippen LogP contribution < -0.4 is 10.6 Å². The fourth-order valence-electron chi connectivity index (χ4n) is 3.80. The molecule has 2 N–H and O–H groups in total. The van der Waals surface area contributed by atoms with Crippen LogP contribution in [-0.4, -0.2) is 25.1 Å². The summed E-state index contributed by atoms with van der Waals surface area (Å²) in [5, 5.41) is 6.68. The molecule has 0 aliphatic carbocycles. The number of carbonyl (C=O) groups is 1. The van der Waals surface area contributed by atoms with Gasteiger partial charge >= 0.3 is 0 Å². The van der Waals surface area contributed by atoms with Crippen LogP contribution in [0.5, 0.6) is 0 Å². The van der Waals surface area contributed by atoms with Gasteiger partial charge in [-0.1, -0.05) is 24.3 Å². The lowest BCUT2D eigenvalue weighted by atomic mass is 9.89. The van der Waals surface area contributed by atoms with E-state index in [9.17, 15) is 4.79 Å². The molecule has 0 saturated carbocycles. The fourth-order valence-corrected chi connectivity index (χ4v) is 3.80. The molecule has 1 amide bonds. The Hall–Kier alpha value is -1.39. The molecule has 3 rings (SSSR count). The number of benzene rings is 1. The predicted octanol–water partition coefficient (Wildman–Crippen LogP) is 2.37. The molecule has 1 aromatic rings. The Morgan fingerprint density at radius 3 is 2.45 bits per heavy atom. The maximum atomic E-state index is 12.1. The van der Waals surface area contributed by atoms with Crippen LogP contribution in [0.3, 0.4) is 0 Å². The van der Waals surface area contributed by atoms with Gasteiger partial charge in [-0.3, -0.25) is 4.79 Å². The quantitative estimate of drug-likeness (QED) is 0.848. The zero-order valence-electron chi connectivity index (χ0n) is 13.3. The molecule has 2 unspecified atom stereocenters. The third kappa shape index (κ3) is 4.08. The molecule has 120 valence electrons. The highest BCUT2D eigenvalue weighted by molar-refractivity contribution is 5.76. The molecule has 4 nitrogen and oxygen atoms in total. The molecule has 2 saturated heterocycles. The number of ether oxygens (including phenoxy) is 1. The molecule has 2 aliphatic heterocycles. The standard InChI is InChI=1S/C18H26N2O2/c1-22-12-14-4-2-13(3-5-14)11-19-18(21)10-15-8-16-6-7-17(9-15)20-16/h2-5,15-17,20H,6-12H2,1H3,(H,19,21). The van der Waals surface area contributed by atoms with E-state index >= 15 is 0 Å². The lowest BCUT2D eigenvalue weighted by Gasteiger charge is -2.28. The molecular formula is C18H26N2O2. The van der Waals surface area contributed by atoms with Gasteiger partial charge in [0.2, 0.25) is 5.91 Å². The van der Waals surface area contributed by atoms with Crippen molar-refractivity contribution in [3.05, 3.63) is 35.4 Å². The van der Waals surface area contributed by atoms with Gasteiger partial charge in [0.15, 0.2) is 0 Å². The summed E-state index contributed by atoms with van der Waals surface area (Å²) in [6.07, 6.45) is 5.58. The number of nitrogens with one attached hydrogen (secondary N) is 2. The molecule has 1 aromatic carbocycles. The minimum atomic E-state index is 0.187. The van der Waals surface area contributed by atoms with Crippen LogP contribution in [0, 0.1) is 5.92 Å². The highest BCUT2D eigenvalue weighted by Gasteiger charge is 2.34. The number of hydrogen-bond donors (Lipinski definition) is 2. The van der Waals surface area contributed by atoms with Crippen molar-refractivity contribution >= 4 is 5.91 Å². The van der Waals surface area contributed by atoms with E-state index in [-0.39, 0.29) is 5.91 Å². The third-order valence-electron chi connectivity index (χ3n) is 4.87. The van der Waals surface area contributed by atoms with Gasteiger partial charge in [0.1, 0.15) is 0 Å². The molecule has 0 aromatic heterocycles. The van der Waals surface area contributed by atoms with Crippen molar-refractivity contribution < 1.29 is 9.53 Å². The van der Waals surface area contributed by atoms with Crippen molar-refractivity contribution in [3.63, 3.8) is 0 Å². The smallest absolute Gasteiger partial charge is 0.220 e. The van der Waals surface area contributed by atoms with Crippen LogP contribution in [-0.2, 0) is 22.7 Å². The SMILES string of the molecule is COCc1ccc(CNC(=O)CC2CC3CCC(C2)N3)cc1. The van der Waals surface area contributed by atoms with Gasteiger partial charge in [0, 0.05) is 32.2 Å². The van der Waals surface area contributed by atoms with E-state index in [1.54, 1.807) is 7.11 Å². The molecule has 0 radical (unpaired) electrons. The average molecular weight is 302 g/mol. The lowest BCUT2D eigenvalue weighted by molar-refractivity contribution is -0.122. The van der Waals surface area contributed by atoms with E-state index in [0.29, 0.717) is 37.6 Å². The molecule has 22 heavy (non-hydrogen) atoms. The van der Waals surface area contributed by atoms with Crippen molar-refractivity contribution in [2.24, 2.45) is 5.92 Å². The Balaban J connectivity index is 1.42. The third-order valence-corrected chi connectivity index (χ3v) is 4.87. The van der Waals surface area contributed by atoms with E-state index in [0.717, 1.165) is 24.0 Å². The summed E-state index contributed by atoms with van der Waals surface area (Å²) in [7, 11) is 1.70. The summed E-state index contributed by atoms with van der Waals surface area (Å²) in [4.78, 5) is 12.1. The Bertz CT molecular complexity index is 488. The number of amides is 1. The van der Waals surface area contributed by atoms with Crippen molar-refractivity contribution in [2.45, 2.75) is 57.3 Å². The number of methoxy groups -OCH3 is 1. The summed E-state index contributed by atoms with van der Waals surface area (Å²) < 4.78 is 5.10. The number of fused-ring (bicyclic) bond motifs is 2. The fraction of sp³-hybridized carbons (Fsp3) is 0.611. The molecule has 0 spiro atoms. The molecule has 2 fully saturated rings. The number of piperidine rings is 1. The molecule has 2 heterocycles. The zero-order chi connectivity index (χ0) is 15.4. The van der Waals surface area contributed by atoms with E-state index in [1.807, 2.05) is 0 Å². The maximum absolute atomic E-state index is 12.1. The van der Waals surface area contributed by atoms with E-state index in [1.165, 1.54) is 12.8 Å².